The molecule has 1 fully saturated rings. The largest absolute Gasteiger partial charge is 0.416 e. The van der Waals surface area contributed by atoms with Crippen LogP contribution in [0.2, 0.25) is 0 Å². The van der Waals surface area contributed by atoms with Gasteiger partial charge in [-0.2, -0.15) is 13.2 Å². The lowest BCUT2D eigenvalue weighted by Crippen LogP contribution is -2.50. The van der Waals surface area contributed by atoms with Gasteiger partial charge in [0.15, 0.2) is 0 Å². The van der Waals surface area contributed by atoms with Crippen LogP contribution in [0, 0.1) is 5.92 Å². The Balaban J connectivity index is 1.66. The van der Waals surface area contributed by atoms with Gasteiger partial charge in [-0.25, -0.2) is 0 Å². The van der Waals surface area contributed by atoms with E-state index in [2.05, 4.69) is 0 Å². The number of benzene rings is 2. The average molecular weight is 471 g/mol. The molecule has 1 aliphatic heterocycles. The van der Waals surface area contributed by atoms with Crippen LogP contribution in [0.1, 0.15) is 72.5 Å². The van der Waals surface area contributed by atoms with Gasteiger partial charge in [0.25, 0.3) is 5.91 Å². The minimum Gasteiger partial charge on any atom is -0.312 e. The molecule has 4 rings (SSSR count). The minimum absolute atomic E-state index is 0.106. The van der Waals surface area contributed by atoms with Gasteiger partial charge in [0.05, 0.1) is 5.56 Å². The predicted molar refractivity (Wildman–Crippen MR) is 125 cm³/mol. The van der Waals surface area contributed by atoms with Crippen LogP contribution >= 0.6 is 0 Å². The summed E-state index contributed by atoms with van der Waals surface area (Å²) in [6, 6.07) is 12.1. The number of hydrogen-bond acceptors (Lipinski definition) is 3. The van der Waals surface area contributed by atoms with Crippen LogP contribution in [0.5, 0.6) is 0 Å². The second kappa shape index (κ2) is 9.72. The SMILES string of the molecule is CC1(C2CCCCCC2)N=C(c2cccc(C(F)(F)F)c2)C(=O)N1CCc1ccc(C=O)cc1. The molecule has 4 nitrogen and oxygen atoms in total. The van der Waals surface area contributed by atoms with Crippen molar-refractivity contribution in [1.82, 2.24) is 4.90 Å². The third kappa shape index (κ3) is 4.93. The lowest BCUT2D eigenvalue weighted by atomic mass is 9.86. The molecule has 1 saturated carbocycles. The highest BCUT2D eigenvalue weighted by Gasteiger charge is 2.48. The van der Waals surface area contributed by atoms with Crippen LogP contribution in [0.4, 0.5) is 13.2 Å². The molecule has 0 bridgehead atoms. The smallest absolute Gasteiger partial charge is 0.312 e. The van der Waals surface area contributed by atoms with E-state index in [9.17, 15) is 22.8 Å². The van der Waals surface area contributed by atoms with Crippen molar-refractivity contribution in [2.75, 3.05) is 6.54 Å². The van der Waals surface area contributed by atoms with Crippen LogP contribution < -0.4 is 0 Å². The van der Waals surface area contributed by atoms with Crippen molar-refractivity contribution < 1.29 is 22.8 Å². The summed E-state index contributed by atoms with van der Waals surface area (Å²) >= 11 is 0. The van der Waals surface area contributed by atoms with E-state index in [1.165, 1.54) is 12.1 Å². The highest BCUT2D eigenvalue weighted by molar-refractivity contribution is 6.46. The zero-order chi connectivity index (χ0) is 24.3. The molecule has 34 heavy (non-hydrogen) atoms. The summed E-state index contributed by atoms with van der Waals surface area (Å²) in [6.45, 7) is 2.36. The van der Waals surface area contributed by atoms with E-state index in [1.807, 2.05) is 19.1 Å². The fourth-order valence-electron chi connectivity index (χ4n) is 5.17. The van der Waals surface area contributed by atoms with E-state index in [0.717, 1.165) is 62.5 Å². The molecular formula is C27H29F3N2O2. The molecular weight excluding hydrogens is 441 g/mol. The van der Waals surface area contributed by atoms with E-state index in [4.69, 9.17) is 4.99 Å². The Morgan fingerprint density at radius 2 is 1.74 bits per heavy atom. The molecule has 1 unspecified atom stereocenters. The first kappa shape index (κ1) is 24.2. The number of aliphatic imine (C=N–C) groups is 1. The zero-order valence-corrected chi connectivity index (χ0v) is 19.3. The van der Waals surface area contributed by atoms with Gasteiger partial charge >= 0.3 is 6.18 Å². The summed E-state index contributed by atoms with van der Waals surface area (Å²) in [7, 11) is 0. The molecule has 2 aliphatic rings. The third-order valence-corrected chi connectivity index (χ3v) is 7.16. The standard InChI is InChI=1S/C27H29F3N2O2/c1-26(22-8-4-2-3-5-9-22)31-24(21-7-6-10-23(17-21)27(28,29)30)25(34)32(26)16-15-19-11-13-20(18-33)14-12-19/h6-7,10-14,17-18,22H,2-5,8-9,15-16H2,1H3. The Kier molecular flexibility index (Phi) is 6.91. The lowest BCUT2D eigenvalue weighted by Gasteiger charge is -2.39. The van der Waals surface area contributed by atoms with Crippen molar-refractivity contribution in [1.29, 1.82) is 0 Å². The Hall–Kier alpha value is -2.96. The molecule has 2 aromatic carbocycles. The summed E-state index contributed by atoms with van der Waals surface area (Å²) in [6.07, 6.45) is 3.15. The molecule has 0 saturated heterocycles. The summed E-state index contributed by atoms with van der Waals surface area (Å²) in [5, 5.41) is 0. The molecule has 2 aromatic rings. The van der Waals surface area contributed by atoms with Crippen molar-refractivity contribution in [3.8, 4) is 0 Å². The Morgan fingerprint density at radius 1 is 1.06 bits per heavy atom. The maximum atomic E-state index is 13.6. The Bertz CT molecular complexity index is 1070. The monoisotopic (exact) mass is 470 g/mol. The first-order valence-electron chi connectivity index (χ1n) is 11.9. The first-order valence-corrected chi connectivity index (χ1v) is 11.9. The fraction of sp³-hybridized carbons (Fsp3) is 0.444. The minimum atomic E-state index is -4.49. The van der Waals surface area contributed by atoms with Crippen molar-refractivity contribution in [3.63, 3.8) is 0 Å². The van der Waals surface area contributed by atoms with Crippen LogP contribution in [0.25, 0.3) is 0 Å². The highest BCUT2D eigenvalue weighted by Crippen LogP contribution is 2.41. The topological polar surface area (TPSA) is 49.7 Å². The summed E-state index contributed by atoms with van der Waals surface area (Å²) in [5.41, 5.74) is 0.291. The number of nitrogens with zero attached hydrogens (tertiary/aromatic N) is 2. The van der Waals surface area contributed by atoms with Crippen molar-refractivity contribution >= 4 is 17.9 Å². The molecule has 1 aliphatic carbocycles. The van der Waals surface area contributed by atoms with Crippen LogP contribution in [-0.2, 0) is 17.4 Å². The summed E-state index contributed by atoms with van der Waals surface area (Å²) in [5.74, 6) is -0.171. The maximum absolute atomic E-state index is 13.6. The van der Waals surface area contributed by atoms with Gasteiger partial charge in [0.1, 0.15) is 17.7 Å². The summed E-state index contributed by atoms with van der Waals surface area (Å²) < 4.78 is 40.0. The molecule has 0 radical (unpaired) electrons. The zero-order valence-electron chi connectivity index (χ0n) is 19.3. The number of carbonyl (C=O) groups excluding carboxylic acids is 2. The van der Waals surface area contributed by atoms with Gasteiger partial charge in [-0.15, -0.1) is 0 Å². The number of halogens is 3. The van der Waals surface area contributed by atoms with Gasteiger partial charge in [0, 0.05) is 23.6 Å². The lowest BCUT2D eigenvalue weighted by molar-refractivity contribution is -0.137. The third-order valence-electron chi connectivity index (χ3n) is 7.16. The highest BCUT2D eigenvalue weighted by atomic mass is 19.4. The van der Waals surface area contributed by atoms with Gasteiger partial charge in [0.2, 0.25) is 0 Å². The average Bonchev–Trinajstić information content (AvgIpc) is 2.99. The van der Waals surface area contributed by atoms with Crippen molar-refractivity contribution in [2.24, 2.45) is 10.9 Å². The Labute approximate surface area is 197 Å². The van der Waals surface area contributed by atoms with E-state index < -0.39 is 17.4 Å². The molecule has 7 heteroatoms. The molecule has 180 valence electrons. The second-order valence-corrected chi connectivity index (χ2v) is 9.39. The molecule has 1 atom stereocenters. The predicted octanol–water partition coefficient (Wildman–Crippen LogP) is 6.08. The van der Waals surface area contributed by atoms with Gasteiger partial charge in [-0.1, -0.05) is 62.1 Å². The molecule has 1 heterocycles. The normalized spacial score (nSPS) is 21.9. The van der Waals surface area contributed by atoms with Crippen LogP contribution in [0.15, 0.2) is 53.5 Å². The number of rotatable bonds is 6. The number of amides is 1. The molecule has 0 spiro atoms. The van der Waals surface area contributed by atoms with E-state index >= 15 is 0 Å². The van der Waals surface area contributed by atoms with Gasteiger partial charge < -0.3 is 4.90 Å². The Morgan fingerprint density at radius 3 is 2.35 bits per heavy atom. The molecule has 0 aromatic heterocycles. The van der Waals surface area contributed by atoms with E-state index in [0.29, 0.717) is 18.5 Å². The number of alkyl halides is 3. The van der Waals surface area contributed by atoms with Crippen molar-refractivity contribution in [3.05, 3.63) is 70.8 Å². The van der Waals surface area contributed by atoms with Gasteiger partial charge in [-0.3, -0.25) is 14.6 Å². The van der Waals surface area contributed by atoms with Crippen molar-refractivity contribution in [2.45, 2.75) is 63.7 Å². The molecule has 1 amide bonds. The number of hydrogen-bond donors (Lipinski definition) is 0. The van der Waals surface area contributed by atoms with Crippen LogP contribution in [0.3, 0.4) is 0 Å². The van der Waals surface area contributed by atoms with E-state index in [1.54, 1.807) is 17.0 Å². The maximum Gasteiger partial charge on any atom is 0.416 e. The van der Waals surface area contributed by atoms with Gasteiger partial charge in [-0.05, 0) is 43.9 Å². The van der Waals surface area contributed by atoms with E-state index in [-0.39, 0.29) is 23.1 Å². The number of aldehydes is 1. The quantitative estimate of drug-likeness (QED) is 0.380. The fourth-order valence-corrected chi connectivity index (χ4v) is 5.17. The van der Waals surface area contributed by atoms with Crippen LogP contribution in [-0.4, -0.2) is 35.0 Å². The first-order chi connectivity index (χ1) is 16.2. The molecule has 0 N–H and O–H groups in total. The summed E-state index contributed by atoms with van der Waals surface area (Å²) in [4.78, 5) is 31.2. The second-order valence-electron chi connectivity index (χ2n) is 9.39. The number of carbonyl (C=O) groups is 2.